The van der Waals surface area contributed by atoms with Gasteiger partial charge in [0.25, 0.3) is 5.69 Å². The van der Waals surface area contributed by atoms with Crippen molar-refractivity contribution in [3.05, 3.63) is 39.9 Å². The van der Waals surface area contributed by atoms with Crippen LogP contribution in [0.5, 0.6) is 0 Å². The molecule has 6 heteroatoms. The topological polar surface area (TPSA) is 84.3 Å². The Hall–Kier alpha value is -1.95. The van der Waals surface area contributed by atoms with Gasteiger partial charge in [-0.2, -0.15) is 0 Å². The van der Waals surface area contributed by atoms with Gasteiger partial charge in [0.1, 0.15) is 0 Å². The third kappa shape index (κ3) is 3.29. The molecule has 0 bridgehead atoms. The van der Waals surface area contributed by atoms with Crippen LogP contribution in [0.3, 0.4) is 0 Å². The average molecular weight is 263 g/mol. The number of nitro groups is 1. The maximum absolute atomic E-state index is 12.1. The van der Waals surface area contributed by atoms with E-state index in [1.165, 1.54) is 12.1 Å². The molecule has 0 aliphatic carbocycles. The van der Waals surface area contributed by atoms with Gasteiger partial charge in [-0.1, -0.05) is 12.1 Å². The quantitative estimate of drug-likeness (QED) is 0.631. The van der Waals surface area contributed by atoms with E-state index in [0.29, 0.717) is 5.56 Å². The van der Waals surface area contributed by atoms with Crippen molar-refractivity contribution in [3.8, 4) is 0 Å². The Balaban J connectivity index is 2.05. The highest BCUT2D eigenvalue weighted by atomic mass is 16.6. The smallest absolute Gasteiger partial charge is 0.269 e. The third-order valence-corrected chi connectivity index (χ3v) is 3.38. The lowest BCUT2D eigenvalue weighted by molar-refractivity contribution is -0.384. The number of amides is 1. The first-order chi connectivity index (χ1) is 9.08. The summed E-state index contributed by atoms with van der Waals surface area (Å²) in [7, 11) is 0. The summed E-state index contributed by atoms with van der Waals surface area (Å²) in [5, 5.41) is 16.9. The molecule has 0 saturated carbocycles. The Kier molecular flexibility index (Phi) is 4.11. The molecule has 1 aromatic carbocycles. The predicted octanol–water partition coefficient (Wildman–Crippen LogP) is 1.18. The van der Waals surface area contributed by atoms with E-state index in [4.69, 9.17) is 0 Å². The third-order valence-electron chi connectivity index (χ3n) is 3.38. The Bertz CT molecular complexity index is 484. The number of nitro benzene ring substituents is 1. The van der Waals surface area contributed by atoms with Crippen LogP contribution in [0.2, 0.25) is 0 Å². The molecule has 1 saturated heterocycles. The van der Waals surface area contributed by atoms with Crippen molar-refractivity contribution in [2.24, 2.45) is 0 Å². The number of rotatable bonds is 4. The van der Waals surface area contributed by atoms with Crippen LogP contribution >= 0.6 is 0 Å². The lowest BCUT2D eigenvalue weighted by Gasteiger charge is -2.16. The van der Waals surface area contributed by atoms with Crippen molar-refractivity contribution in [2.45, 2.75) is 25.3 Å². The molecule has 1 aliphatic rings. The van der Waals surface area contributed by atoms with Crippen molar-refractivity contribution in [1.29, 1.82) is 0 Å². The van der Waals surface area contributed by atoms with Crippen LogP contribution in [0.25, 0.3) is 0 Å². The van der Waals surface area contributed by atoms with E-state index in [1.807, 2.05) is 0 Å². The Morgan fingerprint density at radius 1 is 1.58 bits per heavy atom. The fourth-order valence-corrected chi connectivity index (χ4v) is 2.16. The van der Waals surface area contributed by atoms with Gasteiger partial charge < -0.3 is 10.6 Å². The second kappa shape index (κ2) is 5.79. The molecule has 102 valence electrons. The first-order valence-electron chi connectivity index (χ1n) is 6.33. The summed E-state index contributed by atoms with van der Waals surface area (Å²) < 4.78 is 0. The predicted molar refractivity (Wildman–Crippen MR) is 70.9 cm³/mol. The van der Waals surface area contributed by atoms with Crippen molar-refractivity contribution >= 4 is 11.6 Å². The highest BCUT2D eigenvalue weighted by Crippen LogP contribution is 2.21. The maximum atomic E-state index is 12.1. The lowest BCUT2D eigenvalue weighted by atomic mass is 9.99. The van der Waals surface area contributed by atoms with Gasteiger partial charge in [-0.3, -0.25) is 14.9 Å². The molecule has 0 aromatic heterocycles. The number of benzene rings is 1. The molecular weight excluding hydrogens is 246 g/mol. The highest BCUT2D eigenvalue weighted by molar-refractivity contribution is 5.83. The number of non-ortho nitro benzene ring substituents is 1. The maximum Gasteiger partial charge on any atom is 0.269 e. The summed E-state index contributed by atoms with van der Waals surface area (Å²) in [6.07, 6.45) is 0.924. The molecule has 6 nitrogen and oxygen atoms in total. The van der Waals surface area contributed by atoms with Gasteiger partial charge in [0.2, 0.25) is 5.91 Å². The number of carbonyl (C=O) groups excluding carboxylic acids is 1. The highest BCUT2D eigenvalue weighted by Gasteiger charge is 2.22. The van der Waals surface area contributed by atoms with Gasteiger partial charge in [-0.25, -0.2) is 0 Å². The van der Waals surface area contributed by atoms with Crippen LogP contribution in [0.15, 0.2) is 24.3 Å². The van der Waals surface area contributed by atoms with Gasteiger partial charge in [-0.05, 0) is 25.5 Å². The second-order valence-electron chi connectivity index (χ2n) is 4.77. The molecule has 2 atom stereocenters. The zero-order chi connectivity index (χ0) is 13.8. The largest absolute Gasteiger partial charge is 0.352 e. The molecule has 2 N–H and O–H groups in total. The minimum Gasteiger partial charge on any atom is -0.352 e. The summed E-state index contributed by atoms with van der Waals surface area (Å²) in [5.41, 5.74) is 0.678. The van der Waals surface area contributed by atoms with Gasteiger partial charge in [0.15, 0.2) is 0 Å². The molecule has 19 heavy (non-hydrogen) atoms. The monoisotopic (exact) mass is 263 g/mol. The zero-order valence-corrected chi connectivity index (χ0v) is 10.8. The Morgan fingerprint density at radius 3 is 3.00 bits per heavy atom. The molecule has 1 fully saturated rings. The summed E-state index contributed by atoms with van der Waals surface area (Å²) >= 11 is 0. The van der Waals surface area contributed by atoms with Crippen molar-refractivity contribution in [1.82, 2.24) is 10.6 Å². The minimum absolute atomic E-state index is 0.0136. The SMILES string of the molecule is CC(C(=O)NC1CCNC1)c1cccc([N+](=O)[O-])c1. The van der Waals surface area contributed by atoms with E-state index in [1.54, 1.807) is 19.1 Å². The molecule has 1 aromatic rings. The van der Waals surface area contributed by atoms with Gasteiger partial charge in [0, 0.05) is 24.7 Å². The summed E-state index contributed by atoms with van der Waals surface area (Å²) in [4.78, 5) is 22.3. The van der Waals surface area contributed by atoms with E-state index in [9.17, 15) is 14.9 Å². The second-order valence-corrected chi connectivity index (χ2v) is 4.77. The number of nitrogens with zero attached hydrogens (tertiary/aromatic N) is 1. The molecule has 1 amide bonds. The first-order valence-corrected chi connectivity index (χ1v) is 6.33. The van der Waals surface area contributed by atoms with Gasteiger partial charge >= 0.3 is 0 Å². The molecule has 0 radical (unpaired) electrons. The fraction of sp³-hybridized carbons (Fsp3) is 0.462. The van der Waals surface area contributed by atoms with Crippen LogP contribution in [0, 0.1) is 10.1 Å². The molecule has 2 unspecified atom stereocenters. The van der Waals surface area contributed by atoms with E-state index in [-0.39, 0.29) is 23.6 Å². The molecule has 0 spiro atoms. The zero-order valence-electron chi connectivity index (χ0n) is 10.8. The van der Waals surface area contributed by atoms with Gasteiger partial charge in [0.05, 0.1) is 10.8 Å². The van der Waals surface area contributed by atoms with Crippen molar-refractivity contribution in [2.75, 3.05) is 13.1 Å². The number of nitrogens with one attached hydrogen (secondary N) is 2. The van der Waals surface area contributed by atoms with Crippen LogP contribution in [0.1, 0.15) is 24.8 Å². The normalized spacial score (nSPS) is 19.9. The number of hydrogen-bond donors (Lipinski definition) is 2. The molecule has 2 rings (SSSR count). The number of carbonyl (C=O) groups is 1. The summed E-state index contributed by atoms with van der Waals surface area (Å²) in [6, 6.07) is 6.39. The van der Waals surface area contributed by atoms with E-state index in [0.717, 1.165) is 19.5 Å². The van der Waals surface area contributed by atoms with Crippen LogP contribution in [-0.4, -0.2) is 30.0 Å². The summed E-state index contributed by atoms with van der Waals surface area (Å²) in [6.45, 7) is 3.46. The fourth-order valence-electron chi connectivity index (χ4n) is 2.16. The first kappa shape index (κ1) is 13.5. The molecule has 1 aliphatic heterocycles. The van der Waals surface area contributed by atoms with Crippen LogP contribution in [0.4, 0.5) is 5.69 Å². The van der Waals surface area contributed by atoms with E-state index < -0.39 is 4.92 Å². The number of hydrogen-bond acceptors (Lipinski definition) is 4. The molecular formula is C13H17N3O3. The van der Waals surface area contributed by atoms with Crippen molar-refractivity contribution in [3.63, 3.8) is 0 Å². The van der Waals surface area contributed by atoms with E-state index in [2.05, 4.69) is 10.6 Å². The van der Waals surface area contributed by atoms with Crippen LogP contribution < -0.4 is 10.6 Å². The van der Waals surface area contributed by atoms with Gasteiger partial charge in [-0.15, -0.1) is 0 Å². The lowest BCUT2D eigenvalue weighted by Crippen LogP contribution is -2.38. The average Bonchev–Trinajstić information content (AvgIpc) is 2.90. The van der Waals surface area contributed by atoms with Crippen molar-refractivity contribution < 1.29 is 9.72 Å². The van der Waals surface area contributed by atoms with Crippen LogP contribution in [-0.2, 0) is 4.79 Å². The Labute approximate surface area is 111 Å². The molecule has 1 heterocycles. The standard InChI is InChI=1S/C13H17N3O3/c1-9(13(17)15-11-5-6-14-8-11)10-3-2-4-12(7-10)16(18)19/h2-4,7,9,11,14H,5-6,8H2,1H3,(H,15,17). The summed E-state index contributed by atoms with van der Waals surface area (Å²) in [5.74, 6) is -0.477. The minimum atomic E-state index is -0.449. The Morgan fingerprint density at radius 2 is 2.37 bits per heavy atom. The van der Waals surface area contributed by atoms with E-state index >= 15 is 0 Å².